The number of carbonyl (C=O) groups is 1. The summed E-state index contributed by atoms with van der Waals surface area (Å²) < 4.78 is 1.81. The van der Waals surface area contributed by atoms with E-state index in [9.17, 15) is 4.79 Å². The van der Waals surface area contributed by atoms with Gasteiger partial charge in [-0.15, -0.1) is 4.68 Å². The van der Waals surface area contributed by atoms with Gasteiger partial charge >= 0.3 is 5.97 Å². The van der Waals surface area contributed by atoms with Gasteiger partial charge in [-0.3, -0.25) is 5.32 Å². The highest BCUT2D eigenvalue weighted by Crippen LogP contribution is 2.14. The second-order valence-corrected chi connectivity index (χ2v) is 4.57. The number of hydrazone groups is 1. The Morgan fingerprint density at radius 1 is 1.50 bits per heavy atom. The van der Waals surface area contributed by atoms with E-state index < -0.39 is 5.97 Å². The maximum absolute atomic E-state index is 10.6. The lowest BCUT2D eigenvalue weighted by Crippen LogP contribution is -2.38. The van der Waals surface area contributed by atoms with Gasteiger partial charge in [-0.05, 0) is 38.1 Å². The van der Waals surface area contributed by atoms with E-state index in [1.807, 2.05) is 42.7 Å². The van der Waals surface area contributed by atoms with Crippen molar-refractivity contribution in [1.29, 1.82) is 5.26 Å². The average molecular weight is 275 g/mol. The molecule has 0 aliphatic rings. The molecule has 6 nitrogen and oxygen atoms in total. The van der Waals surface area contributed by atoms with Crippen LogP contribution in [0.5, 0.6) is 0 Å². The van der Waals surface area contributed by atoms with Crippen molar-refractivity contribution < 1.29 is 14.6 Å². The third kappa shape index (κ3) is 4.28. The van der Waals surface area contributed by atoms with Gasteiger partial charge in [-0.1, -0.05) is 0 Å². The van der Waals surface area contributed by atoms with Crippen LogP contribution in [0.4, 0.5) is 5.69 Å². The molecule has 0 aliphatic heterocycles. The number of nitriles is 1. The number of carboxylic acid groups (broad SMARTS) is 1. The standard InChI is InChI=1S/C14H18N4O2/c1-11(2)17(3)18(10-16-9-14(19)20)13-6-4-12(8-15)5-7-13/h4-7,10-11H,9H2,1-3H3,(H,19,20)/p+1. The Labute approximate surface area is 118 Å². The molecular formula is C14H19N4O2+. The molecule has 0 aliphatic carbocycles. The number of hydrogen-bond donors (Lipinski definition) is 2. The Balaban J connectivity index is 3.02. The van der Waals surface area contributed by atoms with Crippen molar-refractivity contribution in [2.75, 3.05) is 13.6 Å². The predicted octanol–water partition coefficient (Wildman–Crippen LogP) is 1.16. The predicted molar refractivity (Wildman–Crippen MR) is 75.7 cm³/mol. The van der Waals surface area contributed by atoms with E-state index in [1.54, 1.807) is 18.5 Å². The minimum absolute atomic E-state index is 0.154. The van der Waals surface area contributed by atoms with Crippen molar-refractivity contribution in [2.45, 2.75) is 19.9 Å². The Hall–Kier alpha value is -2.55. The molecule has 2 N–H and O–H groups in total. The summed E-state index contributed by atoms with van der Waals surface area (Å²) in [6.07, 6.45) is 1.61. The zero-order valence-electron chi connectivity index (χ0n) is 11.9. The molecule has 0 heterocycles. The number of rotatable bonds is 6. The molecule has 0 spiro atoms. The van der Waals surface area contributed by atoms with Crippen LogP contribution in [0.2, 0.25) is 0 Å². The number of hydrazine groups is 1. The second kappa shape index (κ2) is 7.14. The van der Waals surface area contributed by atoms with Crippen LogP contribution in [0.1, 0.15) is 19.4 Å². The first-order valence-electron chi connectivity index (χ1n) is 6.26. The first-order chi connectivity index (χ1) is 9.45. The number of nitrogens with zero attached hydrogens (tertiary/aromatic N) is 3. The molecule has 6 heteroatoms. The van der Waals surface area contributed by atoms with Gasteiger partial charge in [0.25, 0.3) is 6.34 Å². The minimum Gasteiger partial charge on any atom is -0.478 e. The van der Waals surface area contributed by atoms with Crippen LogP contribution in [0, 0.1) is 11.3 Å². The quantitative estimate of drug-likeness (QED) is 0.352. The van der Waals surface area contributed by atoms with Gasteiger partial charge in [0.1, 0.15) is 0 Å². The summed E-state index contributed by atoms with van der Waals surface area (Å²) in [5.74, 6) is -0.923. The van der Waals surface area contributed by atoms with E-state index in [-0.39, 0.29) is 12.6 Å². The zero-order chi connectivity index (χ0) is 15.1. The third-order valence-corrected chi connectivity index (χ3v) is 2.82. The average Bonchev–Trinajstić information content (AvgIpc) is 2.43. The van der Waals surface area contributed by atoms with E-state index in [1.165, 1.54) is 0 Å². The highest BCUT2D eigenvalue weighted by atomic mass is 16.4. The molecular weight excluding hydrogens is 256 g/mol. The summed E-state index contributed by atoms with van der Waals surface area (Å²) in [7, 11) is 1.90. The summed E-state index contributed by atoms with van der Waals surface area (Å²) in [5, 5.41) is 22.2. The molecule has 1 rings (SSSR count). The molecule has 0 amide bonds. The van der Waals surface area contributed by atoms with Crippen molar-refractivity contribution in [3.05, 3.63) is 29.8 Å². The Kier molecular flexibility index (Phi) is 5.54. The Morgan fingerprint density at radius 3 is 2.55 bits per heavy atom. The van der Waals surface area contributed by atoms with E-state index in [0.717, 1.165) is 5.69 Å². The summed E-state index contributed by atoms with van der Waals surface area (Å²) in [6.45, 7) is 3.90. The number of carboxylic acids is 1. The Bertz CT molecular complexity index is 529. The third-order valence-electron chi connectivity index (χ3n) is 2.82. The lowest BCUT2D eigenvalue weighted by atomic mass is 10.2. The molecule has 0 aromatic heterocycles. The number of benzene rings is 1. The van der Waals surface area contributed by atoms with Gasteiger partial charge in [0.15, 0.2) is 12.2 Å². The van der Waals surface area contributed by atoms with E-state index in [4.69, 9.17) is 10.4 Å². The van der Waals surface area contributed by atoms with E-state index >= 15 is 0 Å². The lowest BCUT2D eigenvalue weighted by molar-refractivity contribution is -0.622. The first-order valence-corrected chi connectivity index (χ1v) is 6.26. The van der Waals surface area contributed by atoms with Crippen molar-refractivity contribution in [3.8, 4) is 6.07 Å². The summed E-state index contributed by atoms with van der Waals surface area (Å²) in [5.41, 5.74) is 1.43. The maximum Gasteiger partial charge on any atom is 0.345 e. The molecule has 0 saturated carbocycles. The van der Waals surface area contributed by atoms with Crippen LogP contribution in [0.25, 0.3) is 0 Å². The number of nitrogens with one attached hydrogen (secondary N) is 1. The van der Waals surface area contributed by atoms with Crippen LogP contribution >= 0.6 is 0 Å². The monoisotopic (exact) mass is 275 g/mol. The molecule has 0 unspecified atom stereocenters. The number of hydrogen-bond acceptors (Lipinski definition) is 3. The highest BCUT2D eigenvalue weighted by molar-refractivity contribution is 5.72. The van der Waals surface area contributed by atoms with Crippen LogP contribution < -0.4 is 5.32 Å². The van der Waals surface area contributed by atoms with Crippen LogP contribution in [-0.2, 0) is 4.79 Å². The molecule has 0 atom stereocenters. The van der Waals surface area contributed by atoms with Gasteiger partial charge in [0.05, 0.1) is 17.7 Å². The van der Waals surface area contributed by atoms with Crippen LogP contribution in [0.3, 0.4) is 0 Å². The molecule has 0 bridgehead atoms. The van der Waals surface area contributed by atoms with Gasteiger partial charge < -0.3 is 5.11 Å². The summed E-state index contributed by atoms with van der Waals surface area (Å²) in [6, 6.07) is 9.38. The summed E-state index contributed by atoms with van der Waals surface area (Å²) >= 11 is 0. The van der Waals surface area contributed by atoms with Crippen molar-refractivity contribution >= 4 is 18.0 Å². The molecule has 1 aromatic rings. The normalized spacial score (nSPS) is 11.1. The lowest BCUT2D eigenvalue weighted by Gasteiger charge is -2.23. The zero-order valence-corrected chi connectivity index (χ0v) is 11.9. The van der Waals surface area contributed by atoms with Gasteiger partial charge in [0, 0.05) is 7.05 Å². The van der Waals surface area contributed by atoms with E-state index in [0.29, 0.717) is 5.56 Å². The largest absolute Gasteiger partial charge is 0.478 e. The fourth-order valence-corrected chi connectivity index (χ4v) is 1.50. The van der Waals surface area contributed by atoms with Crippen molar-refractivity contribution in [2.24, 2.45) is 0 Å². The molecule has 1 aromatic carbocycles. The molecule has 0 saturated heterocycles. The smallest absolute Gasteiger partial charge is 0.345 e. The Morgan fingerprint density at radius 2 is 2.10 bits per heavy atom. The van der Waals surface area contributed by atoms with Gasteiger partial charge in [0.2, 0.25) is 0 Å². The van der Waals surface area contributed by atoms with Gasteiger partial charge in [-0.2, -0.15) is 5.26 Å². The van der Waals surface area contributed by atoms with Crippen LogP contribution in [0.15, 0.2) is 24.3 Å². The van der Waals surface area contributed by atoms with Crippen molar-refractivity contribution in [1.82, 2.24) is 10.3 Å². The van der Waals surface area contributed by atoms with E-state index in [2.05, 4.69) is 11.4 Å². The molecule has 0 radical (unpaired) electrons. The SMILES string of the molecule is CC(C)N(C)[N+](=CNCC(=O)O)c1ccc(C#N)cc1. The fraction of sp³-hybridized carbons (Fsp3) is 0.357. The van der Waals surface area contributed by atoms with Crippen molar-refractivity contribution in [3.63, 3.8) is 0 Å². The minimum atomic E-state index is -0.923. The second-order valence-electron chi connectivity index (χ2n) is 4.57. The van der Waals surface area contributed by atoms with Crippen LogP contribution in [-0.4, -0.2) is 46.7 Å². The topological polar surface area (TPSA) is 79.4 Å². The highest BCUT2D eigenvalue weighted by Gasteiger charge is 2.14. The maximum atomic E-state index is 10.6. The molecule has 106 valence electrons. The first kappa shape index (κ1) is 15.5. The van der Waals surface area contributed by atoms with Gasteiger partial charge in [-0.25, -0.2) is 9.80 Å². The summed E-state index contributed by atoms with van der Waals surface area (Å²) in [4.78, 5) is 10.6. The number of aliphatic carboxylic acids is 1. The molecule has 0 fully saturated rings. The molecule has 20 heavy (non-hydrogen) atoms. The fourth-order valence-electron chi connectivity index (χ4n) is 1.50.